The summed E-state index contributed by atoms with van der Waals surface area (Å²) < 4.78 is 1.90. The summed E-state index contributed by atoms with van der Waals surface area (Å²) in [5, 5.41) is 9.02. The average Bonchev–Trinajstić information content (AvgIpc) is 3.07. The van der Waals surface area contributed by atoms with Crippen LogP contribution in [0.2, 0.25) is 0 Å². The van der Waals surface area contributed by atoms with E-state index in [0.717, 1.165) is 35.5 Å². The Balaban J connectivity index is 1.57. The largest absolute Gasteiger partial charge is 0.369 e. The van der Waals surface area contributed by atoms with Crippen molar-refractivity contribution in [3.05, 3.63) is 53.5 Å². The van der Waals surface area contributed by atoms with Crippen LogP contribution < -0.4 is 5.32 Å². The number of hydrogen-bond donors (Lipinski definition) is 1. The lowest BCUT2D eigenvalue weighted by Gasteiger charge is -2.13. The number of hydrogen-bond acceptors (Lipinski definition) is 4. The Bertz CT molecular complexity index is 954. The van der Waals surface area contributed by atoms with Crippen LogP contribution >= 0.6 is 0 Å². The Morgan fingerprint density at radius 1 is 1.15 bits per heavy atom. The second-order valence-corrected chi connectivity index (χ2v) is 7.09. The Labute approximate surface area is 154 Å². The first-order valence-electron chi connectivity index (χ1n) is 9.40. The summed E-state index contributed by atoms with van der Waals surface area (Å²) in [5.74, 6) is 0.863. The lowest BCUT2D eigenvalue weighted by molar-refractivity contribution is 0.679. The molecule has 5 heteroatoms. The third-order valence-electron chi connectivity index (χ3n) is 5.07. The molecular weight excluding hydrogens is 322 g/mol. The Morgan fingerprint density at radius 2 is 2.08 bits per heavy atom. The van der Waals surface area contributed by atoms with Gasteiger partial charge in [-0.15, -0.1) is 0 Å². The Morgan fingerprint density at radius 3 is 2.88 bits per heavy atom. The quantitative estimate of drug-likeness (QED) is 0.678. The molecule has 0 saturated heterocycles. The minimum atomic E-state index is 0.839. The van der Waals surface area contributed by atoms with Crippen molar-refractivity contribution in [2.75, 3.05) is 11.9 Å². The molecule has 0 fully saturated rings. The van der Waals surface area contributed by atoms with Gasteiger partial charge in [0, 0.05) is 6.54 Å². The maximum absolute atomic E-state index is 4.58. The molecule has 0 radical (unpaired) electrons. The molecule has 0 aliphatic heterocycles. The number of rotatable bonds is 5. The summed E-state index contributed by atoms with van der Waals surface area (Å²) in [6.07, 6.45) is 12.1. The second-order valence-electron chi connectivity index (χ2n) is 7.09. The van der Waals surface area contributed by atoms with Gasteiger partial charge in [-0.2, -0.15) is 5.10 Å². The van der Waals surface area contributed by atoms with E-state index in [-0.39, 0.29) is 0 Å². The van der Waals surface area contributed by atoms with E-state index < -0.39 is 0 Å². The number of anilines is 1. The first-order valence-corrected chi connectivity index (χ1v) is 9.40. The zero-order valence-electron chi connectivity index (χ0n) is 15.5. The van der Waals surface area contributed by atoms with Crippen LogP contribution in [-0.4, -0.2) is 26.3 Å². The van der Waals surface area contributed by atoms with E-state index in [4.69, 9.17) is 0 Å². The Kier molecular flexibility index (Phi) is 4.69. The van der Waals surface area contributed by atoms with Gasteiger partial charge in [0.15, 0.2) is 5.65 Å². The highest BCUT2D eigenvalue weighted by Gasteiger charge is 2.12. The predicted molar refractivity (Wildman–Crippen MR) is 106 cm³/mol. The van der Waals surface area contributed by atoms with Crippen LogP contribution in [0.1, 0.15) is 43.2 Å². The van der Waals surface area contributed by atoms with E-state index in [2.05, 4.69) is 58.5 Å². The van der Waals surface area contributed by atoms with Gasteiger partial charge < -0.3 is 5.32 Å². The van der Waals surface area contributed by atoms with Crippen molar-refractivity contribution in [2.24, 2.45) is 0 Å². The van der Waals surface area contributed by atoms with Gasteiger partial charge in [-0.25, -0.2) is 14.6 Å². The molecule has 0 amide bonds. The van der Waals surface area contributed by atoms with Crippen LogP contribution in [0.15, 0.2) is 42.4 Å². The summed E-state index contributed by atoms with van der Waals surface area (Å²) >= 11 is 0. The number of nitrogens with one attached hydrogen (secondary N) is 1. The van der Waals surface area contributed by atoms with Crippen molar-refractivity contribution >= 4 is 16.9 Å². The second kappa shape index (κ2) is 7.28. The summed E-state index contributed by atoms with van der Waals surface area (Å²) in [6.45, 7) is 5.10. The standard InChI is InChI=1S/C21H25N5/c1-15-8-9-19(16(2)12-15)26-21-18(13-25-26)20(23-14-24-21)22-11-10-17-6-4-3-5-7-17/h6,8-9,12-14H,3-5,7,10-11H2,1-2H3,(H,22,23,24). The highest BCUT2D eigenvalue weighted by molar-refractivity contribution is 5.87. The van der Waals surface area contributed by atoms with Crippen molar-refractivity contribution in [2.45, 2.75) is 46.0 Å². The molecule has 2 heterocycles. The summed E-state index contributed by atoms with van der Waals surface area (Å²) in [5.41, 5.74) is 5.90. The van der Waals surface area contributed by atoms with E-state index in [1.807, 2.05) is 10.9 Å². The molecule has 0 unspecified atom stereocenters. The van der Waals surface area contributed by atoms with Gasteiger partial charge in [-0.3, -0.25) is 0 Å². The molecule has 3 aromatic rings. The van der Waals surface area contributed by atoms with Gasteiger partial charge in [0.25, 0.3) is 0 Å². The maximum atomic E-state index is 4.58. The summed E-state index contributed by atoms with van der Waals surface area (Å²) in [4.78, 5) is 8.92. The normalized spacial score (nSPS) is 14.5. The fourth-order valence-corrected chi connectivity index (χ4v) is 3.68. The molecular formula is C21H25N5. The minimum absolute atomic E-state index is 0.839. The first kappa shape index (κ1) is 16.8. The third-order valence-corrected chi connectivity index (χ3v) is 5.07. The highest BCUT2D eigenvalue weighted by Crippen LogP contribution is 2.24. The lowest BCUT2D eigenvalue weighted by Crippen LogP contribution is -2.07. The van der Waals surface area contributed by atoms with Crippen LogP contribution in [0, 0.1) is 13.8 Å². The number of aryl methyl sites for hydroxylation is 2. The third kappa shape index (κ3) is 3.34. The average molecular weight is 347 g/mol. The molecule has 0 bridgehead atoms. The van der Waals surface area contributed by atoms with E-state index in [1.165, 1.54) is 36.8 Å². The fraction of sp³-hybridized carbons (Fsp3) is 0.381. The van der Waals surface area contributed by atoms with Gasteiger partial charge in [-0.1, -0.05) is 29.3 Å². The van der Waals surface area contributed by atoms with Gasteiger partial charge in [0.1, 0.15) is 12.1 Å². The van der Waals surface area contributed by atoms with Crippen molar-refractivity contribution in [1.29, 1.82) is 0 Å². The van der Waals surface area contributed by atoms with Crippen LogP contribution in [-0.2, 0) is 0 Å². The molecule has 5 nitrogen and oxygen atoms in total. The summed E-state index contributed by atoms with van der Waals surface area (Å²) in [7, 11) is 0. The number of allylic oxidation sites excluding steroid dienone is 1. The molecule has 1 aliphatic carbocycles. The molecule has 1 N–H and O–H groups in total. The van der Waals surface area contributed by atoms with Crippen LogP contribution in [0.3, 0.4) is 0 Å². The van der Waals surface area contributed by atoms with Crippen molar-refractivity contribution < 1.29 is 0 Å². The number of aromatic nitrogens is 4. The van der Waals surface area contributed by atoms with Crippen molar-refractivity contribution in [3.63, 3.8) is 0 Å². The topological polar surface area (TPSA) is 55.6 Å². The molecule has 2 aromatic heterocycles. The lowest BCUT2D eigenvalue weighted by atomic mass is 9.97. The monoisotopic (exact) mass is 347 g/mol. The molecule has 4 rings (SSSR count). The minimum Gasteiger partial charge on any atom is -0.369 e. The van der Waals surface area contributed by atoms with Gasteiger partial charge in [-0.05, 0) is 57.6 Å². The number of nitrogens with zero attached hydrogens (tertiary/aromatic N) is 4. The van der Waals surface area contributed by atoms with Crippen LogP contribution in [0.25, 0.3) is 16.7 Å². The van der Waals surface area contributed by atoms with Crippen LogP contribution in [0.5, 0.6) is 0 Å². The number of benzene rings is 1. The van der Waals surface area contributed by atoms with Crippen LogP contribution in [0.4, 0.5) is 5.82 Å². The van der Waals surface area contributed by atoms with E-state index in [1.54, 1.807) is 11.9 Å². The summed E-state index contributed by atoms with van der Waals surface area (Å²) in [6, 6.07) is 6.37. The highest BCUT2D eigenvalue weighted by atomic mass is 15.3. The molecule has 1 aliphatic rings. The molecule has 1 aromatic carbocycles. The van der Waals surface area contributed by atoms with E-state index in [0.29, 0.717) is 0 Å². The molecule has 0 spiro atoms. The molecule has 134 valence electrons. The maximum Gasteiger partial charge on any atom is 0.168 e. The first-order chi connectivity index (χ1) is 12.7. The number of fused-ring (bicyclic) bond motifs is 1. The SMILES string of the molecule is Cc1ccc(-n2ncc3c(NCCC4=CCCCC4)ncnc32)c(C)c1. The zero-order chi connectivity index (χ0) is 17.9. The predicted octanol–water partition coefficient (Wildman–Crippen LogP) is 4.73. The Hall–Kier alpha value is -2.69. The van der Waals surface area contributed by atoms with Gasteiger partial charge in [0.05, 0.1) is 17.3 Å². The van der Waals surface area contributed by atoms with Crippen molar-refractivity contribution in [3.8, 4) is 5.69 Å². The smallest absolute Gasteiger partial charge is 0.168 e. The van der Waals surface area contributed by atoms with E-state index in [9.17, 15) is 0 Å². The fourth-order valence-electron chi connectivity index (χ4n) is 3.68. The van der Waals surface area contributed by atoms with E-state index >= 15 is 0 Å². The van der Waals surface area contributed by atoms with Gasteiger partial charge in [0.2, 0.25) is 0 Å². The zero-order valence-corrected chi connectivity index (χ0v) is 15.5. The molecule has 0 saturated carbocycles. The van der Waals surface area contributed by atoms with Crippen molar-refractivity contribution in [1.82, 2.24) is 19.7 Å². The molecule has 0 atom stereocenters. The van der Waals surface area contributed by atoms with Gasteiger partial charge >= 0.3 is 0 Å². The molecule has 26 heavy (non-hydrogen) atoms.